The Morgan fingerprint density at radius 3 is 2.53 bits per heavy atom. The standard InChI is InChI=1S/C24H28Cl2N4O5S/c1-29(15-17-5-7-18(8-6-17)23-28-12-13-30(23)24(32)33)22(31)4-2-3-11-27-16-36(34,35)21-10-9-19(25)14-20(21)26/h5-10,14,27H,2-4,11-13,15-16H2,1H3,(H,32,33). The molecule has 0 aliphatic carbocycles. The predicted molar refractivity (Wildman–Crippen MR) is 139 cm³/mol. The summed E-state index contributed by atoms with van der Waals surface area (Å²) in [5, 5.41) is 12.6. The molecule has 2 amide bonds. The van der Waals surface area contributed by atoms with Crippen LogP contribution in [0, 0.1) is 0 Å². The first-order chi connectivity index (χ1) is 17.1. The normalized spacial score (nSPS) is 13.5. The first-order valence-electron chi connectivity index (χ1n) is 11.3. The molecular weight excluding hydrogens is 527 g/mol. The molecular formula is C24H28Cl2N4O5S. The van der Waals surface area contributed by atoms with Gasteiger partial charge in [0.05, 0.1) is 23.0 Å². The van der Waals surface area contributed by atoms with Crippen LogP contribution in [0.25, 0.3) is 0 Å². The molecule has 0 fully saturated rings. The summed E-state index contributed by atoms with van der Waals surface area (Å²) in [5.74, 6) is 0.169. The van der Waals surface area contributed by atoms with Gasteiger partial charge in [0.2, 0.25) is 5.91 Å². The second kappa shape index (κ2) is 12.5. The Hall–Kier alpha value is -2.66. The van der Waals surface area contributed by atoms with Gasteiger partial charge in [-0.25, -0.2) is 13.2 Å². The average Bonchev–Trinajstić information content (AvgIpc) is 3.31. The minimum absolute atomic E-state index is 0.0168. The number of amidine groups is 1. The molecule has 0 unspecified atom stereocenters. The molecule has 0 bridgehead atoms. The number of carboxylic acid groups (broad SMARTS) is 1. The molecule has 1 aliphatic rings. The summed E-state index contributed by atoms with van der Waals surface area (Å²) in [6.45, 7) is 1.67. The lowest BCUT2D eigenvalue weighted by molar-refractivity contribution is -0.130. The van der Waals surface area contributed by atoms with Gasteiger partial charge in [-0.15, -0.1) is 0 Å². The molecule has 0 spiro atoms. The number of carbonyl (C=O) groups is 2. The number of hydrogen-bond acceptors (Lipinski definition) is 6. The van der Waals surface area contributed by atoms with Crippen LogP contribution in [0.3, 0.4) is 0 Å². The maximum absolute atomic E-state index is 12.5. The van der Waals surface area contributed by atoms with Crippen molar-refractivity contribution in [3.8, 4) is 0 Å². The Morgan fingerprint density at radius 2 is 1.86 bits per heavy atom. The number of hydrogen-bond donors (Lipinski definition) is 2. The van der Waals surface area contributed by atoms with Crippen LogP contribution in [0.2, 0.25) is 10.0 Å². The van der Waals surface area contributed by atoms with Crippen LogP contribution in [-0.2, 0) is 21.2 Å². The Labute approximate surface area is 220 Å². The highest BCUT2D eigenvalue weighted by Crippen LogP contribution is 2.25. The van der Waals surface area contributed by atoms with E-state index in [0.717, 1.165) is 11.1 Å². The number of carbonyl (C=O) groups excluding carboxylic acids is 1. The molecule has 1 heterocycles. The van der Waals surface area contributed by atoms with Crippen LogP contribution >= 0.6 is 23.2 Å². The minimum Gasteiger partial charge on any atom is -0.465 e. The minimum atomic E-state index is -3.59. The van der Waals surface area contributed by atoms with Gasteiger partial charge in [0, 0.05) is 30.6 Å². The summed E-state index contributed by atoms with van der Waals surface area (Å²) in [7, 11) is -1.86. The van der Waals surface area contributed by atoms with Crippen molar-refractivity contribution in [2.24, 2.45) is 4.99 Å². The van der Waals surface area contributed by atoms with Crippen molar-refractivity contribution in [1.29, 1.82) is 0 Å². The van der Waals surface area contributed by atoms with Gasteiger partial charge in [-0.3, -0.25) is 14.7 Å². The lowest BCUT2D eigenvalue weighted by atomic mass is 10.1. The summed E-state index contributed by atoms with van der Waals surface area (Å²) in [6, 6.07) is 11.6. The highest BCUT2D eigenvalue weighted by molar-refractivity contribution is 7.91. The van der Waals surface area contributed by atoms with E-state index in [1.54, 1.807) is 11.9 Å². The zero-order chi connectivity index (χ0) is 26.3. The summed E-state index contributed by atoms with van der Waals surface area (Å²) >= 11 is 11.8. The van der Waals surface area contributed by atoms with Gasteiger partial charge in [0.1, 0.15) is 11.7 Å². The lowest BCUT2D eigenvalue weighted by Crippen LogP contribution is -2.33. The van der Waals surface area contributed by atoms with E-state index < -0.39 is 15.9 Å². The molecule has 1 aliphatic heterocycles. The highest BCUT2D eigenvalue weighted by Gasteiger charge is 2.24. The summed E-state index contributed by atoms with van der Waals surface area (Å²) in [6.07, 6.45) is 0.571. The fraction of sp³-hybridized carbons (Fsp3) is 0.375. The van der Waals surface area contributed by atoms with Crippen LogP contribution in [0.1, 0.15) is 30.4 Å². The van der Waals surface area contributed by atoms with Crippen LogP contribution in [0.5, 0.6) is 0 Å². The monoisotopic (exact) mass is 554 g/mol. The van der Waals surface area contributed by atoms with Crippen molar-refractivity contribution in [2.75, 3.05) is 32.6 Å². The van der Waals surface area contributed by atoms with Crippen molar-refractivity contribution < 1.29 is 23.1 Å². The zero-order valence-corrected chi connectivity index (χ0v) is 22.1. The zero-order valence-electron chi connectivity index (χ0n) is 19.8. The third-order valence-electron chi connectivity index (χ3n) is 5.64. The third kappa shape index (κ3) is 7.42. The number of rotatable bonds is 11. The highest BCUT2D eigenvalue weighted by atomic mass is 35.5. The topological polar surface area (TPSA) is 119 Å². The number of aliphatic imine (C=N–C) groups is 1. The summed E-state index contributed by atoms with van der Waals surface area (Å²) in [5.41, 5.74) is 1.64. The maximum atomic E-state index is 12.5. The Balaban J connectivity index is 1.38. The molecule has 0 saturated carbocycles. The van der Waals surface area contributed by atoms with Gasteiger partial charge in [-0.1, -0.05) is 47.5 Å². The quantitative estimate of drug-likeness (QED) is 0.406. The molecule has 2 aromatic carbocycles. The number of unbranched alkanes of at least 4 members (excludes halogenated alkanes) is 1. The fourth-order valence-corrected chi connectivity index (χ4v) is 5.69. The van der Waals surface area contributed by atoms with Gasteiger partial charge in [-0.2, -0.15) is 0 Å². The fourth-order valence-electron chi connectivity index (χ4n) is 3.73. The number of benzene rings is 2. The molecule has 3 rings (SSSR count). The molecule has 0 radical (unpaired) electrons. The summed E-state index contributed by atoms with van der Waals surface area (Å²) < 4.78 is 24.8. The van der Waals surface area contributed by atoms with Crippen molar-refractivity contribution in [1.82, 2.24) is 15.1 Å². The molecule has 9 nitrogen and oxygen atoms in total. The van der Waals surface area contributed by atoms with E-state index in [1.807, 2.05) is 24.3 Å². The van der Waals surface area contributed by atoms with Gasteiger partial charge < -0.3 is 15.3 Å². The molecule has 12 heteroatoms. The van der Waals surface area contributed by atoms with Crippen LogP contribution in [0.15, 0.2) is 52.4 Å². The summed E-state index contributed by atoms with van der Waals surface area (Å²) in [4.78, 5) is 30.9. The predicted octanol–water partition coefficient (Wildman–Crippen LogP) is 3.88. The van der Waals surface area contributed by atoms with E-state index in [0.29, 0.717) is 56.3 Å². The number of amides is 2. The van der Waals surface area contributed by atoms with E-state index in [9.17, 15) is 23.1 Å². The van der Waals surface area contributed by atoms with Gasteiger partial charge in [-0.05, 0) is 43.1 Å². The number of halogens is 2. The van der Waals surface area contributed by atoms with E-state index in [2.05, 4.69) is 10.3 Å². The van der Waals surface area contributed by atoms with E-state index in [1.165, 1.54) is 23.1 Å². The van der Waals surface area contributed by atoms with Crippen LogP contribution < -0.4 is 5.32 Å². The SMILES string of the molecule is CN(Cc1ccc(C2=NCCN2C(=O)O)cc1)C(=O)CCCCNCS(=O)(=O)c1ccc(Cl)cc1Cl. The Bertz CT molecular complexity index is 1240. The van der Waals surface area contributed by atoms with Crippen molar-refractivity contribution >= 4 is 50.9 Å². The Morgan fingerprint density at radius 1 is 1.14 bits per heavy atom. The number of sulfone groups is 1. The molecule has 0 aromatic heterocycles. The van der Waals surface area contributed by atoms with Crippen LogP contribution in [0.4, 0.5) is 4.79 Å². The average molecular weight is 555 g/mol. The lowest BCUT2D eigenvalue weighted by Gasteiger charge is -2.18. The third-order valence-corrected chi connectivity index (χ3v) is 7.91. The maximum Gasteiger partial charge on any atom is 0.413 e. The van der Waals surface area contributed by atoms with Crippen molar-refractivity contribution in [3.05, 3.63) is 63.6 Å². The second-order valence-corrected chi connectivity index (χ2v) is 11.2. The van der Waals surface area contributed by atoms with E-state index in [4.69, 9.17) is 23.2 Å². The van der Waals surface area contributed by atoms with Gasteiger partial charge in [0.15, 0.2) is 9.84 Å². The molecule has 2 aromatic rings. The van der Waals surface area contributed by atoms with E-state index >= 15 is 0 Å². The molecule has 0 saturated heterocycles. The smallest absolute Gasteiger partial charge is 0.413 e. The van der Waals surface area contributed by atoms with Gasteiger partial charge >= 0.3 is 6.09 Å². The van der Waals surface area contributed by atoms with Crippen LogP contribution in [-0.4, -0.2) is 73.7 Å². The number of nitrogens with zero attached hydrogens (tertiary/aromatic N) is 3. The molecule has 2 N–H and O–H groups in total. The first kappa shape index (κ1) is 27.9. The van der Waals surface area contributed by atoms with Crippen molar-refractivity contribution in [2.45, 2.75) is 30.7 Å². The first-order valence-corrected chi connectivity index (χ1v) is 13.8. The molecule has 194 valence electrons. The van der Waals surface area contributed by atoms with Crippen molar-refractivity contribution in [3.63, 3.8) is 0 Å². The number of nitrogens with one attached hydrogen (secondary N) is 1. The largest absolute Gasteiger partial charge is 0.465 e. The molecule has 36 heavy (non-hydrogen) atoms. The second-order valence-electron chi connectivity index (χ2n) is 8.38. The Kier molecular flexibility index (Phi) is 9.72. The molecule has 0 atom stereocenters. The van der Waals surface area contributed by atoms with E-state index in [-0.39, 0.29) is 21.7 Å². The van der Waals surface area contributed by atoms with Gasteiger partial charge in [0.25, 0.3) is 0 Å².